The van der Waals surface area contributed by atoms with Crippen molar-refractivity contribution in [2.24, 2.45) is 0 Å². The van der Waals surface area contributed by atoms with Crippen LogP contribution in [0.25, 0.3) is 0 Å². The Morgan fingerprint density at radius 3 is 2.30 bits per heavy atom. The van der Waals surface area contributed by atoms with E-state index in [-0.39, 0.29) is 23.7 Å². The van der Waals surface area contributed by atoms with Crippen molar-refractivity contribution in [2.75, 3.05) is 15.5 Å². The van der Waals surface area contributed by atoms with Gasteiger partial charge in [0.25, 0.3) is 11.8 Å². The highest BCUT2D eigenvalue weighted by molar-refractivity contribution is 6.53. The summed E-state index contributed by atoms with van der Waals surface area (Å²) in [7, 11) is 0. The number of nitrogens with one attached hydrogen (secondary N) is 2. The lowest BCUT2D eigenvalue weighted by molar-refractivity contribution is -0.137. The van der Waals surface area contributed by atoms with Gasteiger partial charge in [-0.1, -0.05) is 47.5 Å². The summed E-state index contributed by atoms with van der Waals surface area (Å²) in [5.74, 6) is -2.10. The molecule has 0 spiro atoms. The standard InChI is InChI=1S/C26H18Cl2F3N3O3/c1-14-19(27)6-3-7-20(14)33-21(35)12-15-8-10-17(11-9-15)32-23-22(28)24(36)34(25(23)37)18-5-2-4-16(13-18)26(29,30)31/h2-11,13,32H,12H2,1H3,(H,33,35). The van der Waals surface area contributed by atoms with Gasteiger partial charge >= 0.3 is 6.18 Å². The largest absolute Gasteiger partial charge is 0.416 e. The van der Waals surface area contributed by atoms with E-state index in [1.807, 2.05) is 0 Å². The van der Waals surface area contributed by atoms with E-state index >= 15 is 0 Å². The molecular formula is C26H18Cl2F3N3O3. The fourth-order valence-corrected chi connectivity index (χ4v) is 4.03. The first-order valence-electron chi connectivity index (χ1n) is 10.8. The molecule has 1 aliphatic heterocycles. The van der Waals surface area contributed by atoms with Gasteiger partial charge < -0.3 is 10.6 Å². The maximum Gasteiger partial charge on any atom is 0.416 e. The van der Waals surface area contributed by atoms with Crippen molar-refractivity contribution in [3.63, 3.8) is 0 Å². The number of alkyl halides is 3. The van der Waals surface area contributed by atoms with Crippen molar-refractivity contribution in [2.45, 2.75) is 19.5 Å². The molecule has 2 N–H and O–H groups in total. The Morgan fingerprint density at radius 1 is 0.946 bits per heavy atom. The number of amides is 3. The van der Waals surface area contributed by atoms with Crippen LogP contribution in [0.1, 0.15) is 16.7 Å². The molecule has 190 valence electrons. The zero-order chi connectivity index (χ0) is 26.9. The average molecular weight is 548 g/mol. The molecule has 6 nitrogen and oxygen atoms in total. The molecule has 1 heterocycles. The molecule has 0 fully saturated rings. The van der Waals surface area contributed by atoms with Gasteiger partial charge in [-0.3, -0.25) is 14.4 Å². The normalized spacial score (nSPS) is 13.8. The fraction of sp³-hybridized carbons (Fsp3) is 0.115. The number of rotatable bonds is 6. The Kier molecular flexibility index (Phi) is 7.29. The summed E-state index contributed by atoms with van der Waals surface area (Å²) in [5.41, 5.74) is 0.872. The molecule has 1 aliphatic rings. The molecule has 0 aromatic heterocycles. The van der Waals surface area contributed by atoms with Gasteiger partial charge in [0, 0.05) is 16.4 Å². The topological polar surface area (TPSA) is 78.5 Å². The molecule has 0 saturated heterocycles. The Morgan fingerprint density at radius 2 is 1.62 bits per heavy atom. The van der Waals surface area contributed by atoms with Gasteiger partial charge in [0.1, 0.15) is 10.7 Å². The zero-order valence-corrected chi connectivity index (χ0v) is 20.6. The number of halogens is 5. The summed E-state index contributed by atoms with van der Waals surface area (Å²) in [6.07, 6.45) is -4.58. The molecule has 3 amide bonds. The zero-order valence-electron chi connectivity index (χ0n) is 19.1. The third-order valence-electron chi connectivity index (χ3n) is 5.59. The summed E-state index contributed by atoms with van der Waals surface area (Å²) >= 11 is 12.1. The molecule has 0 radical (unpaired) electrons. The lowest BCUT2D eigenvalue weighted by atomic mass is 10.1. The SMILES string of the molecule is Cc1c(Cl)cccc1NC(=O)Cc1ccc(NC2=C(Cl)C(=O)N(c3cccc(C(F)(F)F)c3)C2=O)cc1. The van der Waals surface area contributed by atoms with Gasteiger partial charge in [-0.2, -0.15) is 13.2 Å². The number of hydrogen-bond donors (Lipinski definition) is 2. The lowest BCUT2D eigenvalue weighted by Gasteiger charge is -2.17. The van der Waals surface area contributed by atoms with Crippen LogP contribution in [0.3, 0.4) is 0 Å². The van der Waals surface area contributed by atoms with Crippen LogP contribution in [-0.4, -0.2) is 17.7 Å². The molecule has 0 unspecified atom stereocenters. The fourth-order valence-electron chi connectivity index (χ4n) is 3.64. The van der Waals surface area contributed by atoms with Crippen LogP contribution >= 0.6 is 23.2 Å². The van der Waals surface area contributed by atoms with Crippen molar-refractivity contribution in [3.05, 3.63) is 99.2 Å². The molecule has 0 bridgehead atoms. The minimum absolute atomic E-state index is 0.0659. The predicted octanol–water partition coefficient (Wildman–Crippen LogP) is 6.28. The number of imide groups is 1. The van der Waals surface area contributed by atoms with Crippen LogP contribution in [-0.2, 0) is 27.0 Å². The Balaban J connectivity index is 1.45. The Bertz CT molecular complexity index is 1440. The van der Waals surface area contributed by atoms with Crippen molar-refractivity contribution in [1.82, 2.24) is 0 Å². The third kappa shape index (κ3) is 5.63. The predicted molar refractivity (Wildman–Crippen MR) is 135 cm³/mol. The summed E-state index contributed by atoms with van der Waals surface area (Å²) in [6, 6.07) is 15.5. The lowest BCUT2D eigenvalue weighted by Crippen LogP contribution is -2.32. The monoisotopic (exact) mass is 547 g/mol. The summed E-state index contributed by atoms with van der Waals surface area (Å²) in [5, 5.41) is 5.63. The van der Waals surface area contributed by atoms with Crippen LogP contribution in [0.4, 0.5) is 30.2 Å². The van der Waals surface area contributed by atoms with Crippen LogP contribution in [0, 0.1) is 6.92 Å². The van der Waals surface area contributed by atoms with Crippen molar-refractivity contribution in [1.29, 1.82) is 0 Å². The highest BCUT2D eigenvalue weighted by Crippen LogP contribution is 2.35. The van der Waals surface area contributed by atoms with Crippen molar-refractivity contribution in [3.8, 4) is 0 Å². The molecule has 0 atom stereocenters. The summed E-state index contributed by atoms with van der Waals surface area (Å²) in [6.45, 7) is 1.79. The second-order valence-electron chi connectivity index (χ2n) is 8.14. The van der Waals surface area contributed by atoms with Gasteiger partial charge in [0.2, 0.25) is 5.91 Å². The highest BCUT2D eigenvalue weighted by atomic mass is 35.5. The van der Waals surface area contributed by atoms with Crippen LogP contribution in [0.15, 0.2) is 77.5 Å². The minimum atomic E-state index is -4.65. The molecule has 4 rings (SSSR count). The first kappa shape index (κ1) is 26.2. The number of nitrogens with zero attached hydrogens (tertiary/aromatic N) is 1. The highest BCUT2D eigenvalue weighted by Gasteiger charge is 2.40. The number of benzene rings is 3. The molecule has 37 heavy (non-hydrogen) atoms. The van der Waals surface area contributed by atoms with E-state index < -0.39 is 28.6 Å². The number of carbonyl (C=O) groups is 3. The summed E-state index contributed by atoms with van der Waals surface area (Å²) in [4.78, 5) is 38.5. The minimum Gasteiger partial charge on any atom is -0.350 e. The second-order valence-corrected chi connectivity index (χ2v) is 8.93. The maximum absolute atomic E-state index is 13.1. The molecule has 3 aromatic rings. The third-order valence-corrected chi connectivity index (χ3v) is 6.35. The molecular weight excluding hydrogens is 530 g/mol. The summed E-state index contributed by atoms with van der Waals surface area (Å²) < 4.78 is 39.2. The Labute approximate surface area is 219 Å². The maximum atomic E-state index is 13.1. The smallest absolute Gasteiger partial charge is 0.350 e. The van der Waals surface area contributed by atoms with Gasteiger partial charge in [-0.15, -0.1) is 0 Å². The van der Waals surface area contributed by atoms with Crippen LogP contribution in [0.5, 0.6) is 0 Å². The first-order valence-corrected chi connectivity index (χ1v) is 11.6. The number of carbonyl (C=O) groups excluding carboxylic acids is 3. The van der Waals surface area contributed by atoms with Gasteiger partial charge in [0.05, 0.1) is 17.7 Å². The molecule has 11 heteroatoms. The number of anilines is 3. The average Bonchev–Trinajstić information content (AvgIpc) is 3.05. The van der Waals surface area contributed by atoms with Gasteiger partial charge in [-0.25, -0.2) is 4.90 Å². The van der Waals surface area contributed by atoms with Crippen LogP contribution in [0.2, 0.25) is 5.02 Å². The van der Waals surface area contributed by atoms with E-state index in [1.54, 1.807) is 49.4 Å². The Hall–Kier alpha value is -3.82. The number of hydrogen-bond acceptors (Lipinski definition) is 4. The van der Waals surface area contributed by atoms with Crippen LogP contribution < -0.4 is 15.5 Å². The van der Waals surface area contributed by atoms with E-state index in [0.29, 0.717) is 32.9 Å². The quantitative estimate of drug-likeness (QED) is 0.356. The molecule has 0 saturated carbocycles. The van der Waals surface area contributed by atoms with Crippen molar-refractivity contribution < 1.29 is 27.6 Å². The van der Waals surface area contributed by atoms with E-state index in [0.717, 1.165) is 17.7 Å². The van der Waals surface area contributed by atoms with E-state index in [1.165, 1.54) is 6.07 Å². The second kappa shape index (κ2) is 10.3. The van der Waals surface area contributed by atoms with E-state index in [9.17, 15) is 27.6 Å². The first-order chi connectivity index (χ1) is 17.5. The van der Waals surface area contributed by atoms with E-state index in [4.69, 9.17) is 23.2 Å². The van der Waals surface area contributed by atoms with Crippen molar-refractivity contribution >= 4 is 58.0 Å². The molecule has 3 aromatic carbocycles. The van der Waals surface area contributed by atoms with E-state index in [2.05, 4.69) is 10.6 Å². The molecule has 0 aliphatic carbocycles. The van der Waals surface area contributed by atoms with Gasteiger partial charge in [0.15, 0.2) is 0 Å². The van der Waals surface area contributed by atoms with Gasteiger partial charge in [-0.05, 0) is 60.5 Å².